The molecule has 1 aliphatic rings. The van der Waals surface area contributed by atoms with Gasteiger partial charge in [0.2, 0.25) is 5.91 Å². The Kier molecular flexibility index (Phi) is 5.95. The number of benzene rings is 2. The molecule has 3 rings (SSSR count). The Bertz CT molecular complexity index is 691. The van der Waals surface area contributed by atoms with Crippen LogP contribution >= 0.6 is 11.6 Å². The van der Waals surface area contributed by atoms with E-state index < -0.39 is 0 Å². The van der Waals surface area contributed by atoms with Gasteiger partial charge in [-0.3, -0.25) is 4.79 Å². The van der Waals surface area contributed by atoms with Gasteiger partial charge in [0, 0.05) is 24.0 Å². The lowest BCUT2D eigenvalue weighted by Crippen LogP contribution is -2.30. The number of rotatable bonds is 6. The van der Waals surface area contributed by atoms with Crippen molar-refractivity contribution in [3.63, 3.8) is 0 Å². The van der Waals surface area contributed by atoms with Gasteiger partial charge in [-0.25, -0.2) is 0 Å². The number of ether oxygens (including phenoxy) is 1. The van der Waals surface area contributed by atoms with Crippen molar-refractivity contribution in [1.29, 1.82) is 0 Å². The molecule has 2 aromatic rings. The first-order chi connectivity index (χ1) is 12.2. The number of nitrogens with two attached hydrogens (primary N) is 1. The summed E-state index contributed by atoms with van der Waals surface area (Å²) in [5, 5.41) is 0.667. The summed E-state index contributed by atoms with van der Waals surface area (Å²) in [7, 11) is 0. The average Bonchev–Trinajstić information content (AvgIpc) is 3.08. The highest BCUT2D eigenvalue weighted by atomic mass is 35.5. The fraction of sp³-hybridized carbons (Fsp3) is 0.350. The van der Waals surface area contributed by atoms with Crippen molar-refractivity contribution in [2.45, 2.75) is 12.3 Å². The second-order valence-electron chi connectivity index (χ2n) is 6.36. The fourth-order valence-corrected chi connectivity index (χ4v) is 3.46. The molecule has 0 aliphatic carbocycles. The van der Waals surface area contributed by atoms with Crippen LogP contribution in [0.4, 0.5) is 0 Å². The molecular formula is C20H23ClN2O2. The summed E-state index contributed by atoms with van der Waals surface area (Å²) in [6.07, 6.45) is 0.363. The van der Waals surface area contributed by atoms with Crippen LogP contribution in [0.15, 0.2) is 54.6 Å². The van der Waals surface area contributed by atoms with Crippen LogP contribution in [0.1, 0.15) is 17.9 Å². The minimum Gasteiger partial charge on any atom is -0.493 e. The first kappa shape index (κ1) is 17.8. The van der Waals surface area contributed by atoms with Gasteiger partial charge in [-0.15, -0.1) is 0 Å². The van der Waals surface area contributed by atoms with E-state index >= 15 is 0 Å². The van der Waals surface area contributed by atoms with Crippen LogP contribution in [0.2, 0.25) is 5.02 Å². The van der Waals surface area contributed by atoms with E-state index in [9.17, 15) is 4.79 Å². The minimum absolute atomic E-state index is 0.117. The Morgan fingerprint density at radius 2 is 1.84 bits per heavy atom. The van der Waals surface area contributed by atoms with E-state index in [-0.39, 0.29) is 5.91 Å². The van der Waals surface area contributed by atoms with Gasteiger partial charge in [0.15, 0.2) is 0 Å². The van der Waals surface area contributed by atoms with Crippen LogP contribution in [-0.4, -0.2) is 37.0 Å². The van der Waals surface area contributed by atoms with E-state index in [4.69, 9.17) is 22.1 Å². The molecule has 132 valence electrons. The Balaban J connectivity index is 1.53. The normalized spacial score (nSPS) is 19.8. The summed E-state index contributed by atoms with van der Waals surface area (Å²) in [5.41, 5.74) is 7.19. The lowest BCUT2D eigenvalue weighted by atomic mass is 9.89. The molecule has 0 radical (unpaired) electrons. The quantitative estimate of drug-likeness (QED) is 0.861. The summed E-state index contributed by atoms with van der Waals surface area (Å²) in [6.45, 7) is 2.40. The third kappa shape index (κ3) is 4.53. The number of carbonyl (C=O) groups is 1. The second-order valence-corrected chi connectivity index (χ2v) is 6.80. The number of likely N-dealkylation sites (tertiary alicyclic amines) is 1. The van der Waals surface area contributed by atoms with E-state index in [0.717, 1.165) is 18.8 Å². The van der Waals surface area contributed by atoms with E-state index in [1.807, 2.05) is 23.1 Å². The fourth-order valence-electron chi connectivity index (χ4n) is 3.34. The monoisotopic (exact) mass is 358 g/mol. The highest BCUT2D eigenvalue weighted by Crippen LogP contribution is 2.32. The van der Waals surface area contributed by atoms with Crippen molar-refractivity contribution in [2.24, 2.45) is 11.7 Å². The molecule has 1 heterocycles. The molecular weight excluding hydrogens is 336 g/mol. The van der Waals surface area contributed by atoms with Crippen molar-refractivity contribution in [3.05, 3.63) is 65.2 Å². The minimum atomic E-state index is 0.117. The van der Waals surface area contributed by atoms with Crippen LogP contribution in [0.25, 0.3) is 0 Å². The molecule has 4 nitrogen and oxygen atoms in total. The van der Waals surface area contributed by atoms with Gasteiger partial charge in [-0.1, -0.05) is 41.9 Å². The van der Waals surface area contributed by atoms with Gasteiger partial charge in [-0.05, 0) is 42.3 Å². The van der Waals surface area contributed by atoms with Gasteiger partial charge in [-0.2, -0.15) is 0 Å². The van der Waals surface area contributed by atoms with Gasteiger partial charge >= 0.3 is 0 Å². The van der Waals surface area contributed by atoms with Crippen molar-refractivity contribution < 1.29 is 9.53 Å². The zero-order valence-corrected chi connectivity index (χ0v) is 14.9. The molecule has 0 bridgehead atoms. The maximum atomic E-state index is 12.5. The highest BCUT2D eigenvalue weighted by Gasteiger charge is 2.34. The lowest BCUT2D eigenvalue weighted by Gasteiger charge is -2.17. The van der Waals surface area contributed by atoms with Gasteiger partial charge < -0.3 is 15.4 Å². The van der Waals surface area contributed by atoms with Gasteiger partial charge in [0.05, 0.1) is 13.0 Å². The largest absolute Gasteiger partial charge is 0.493 e. The molecule has 1 amide bonds. The van der Waals surface area contributed by atoms with Crippen LogP contribution < -0.4 is 10.5 Å². The maximum Gasteiger partial charge on any atom is 0.226 e. The Hall–Kier alpha value is -2.04. The van der Waals surface area contributed by atoms with Crippen LogP contribution in [-0.2, 0) is 4.79 Å². The molecule has 0 saturated carbocycles. The predicted octanol–water partition coefficient (Wildman–Crippen LogP) is 3.31. The molecule has 0 aromatic heterocycles. The van der Waals surface area contributed by atoms with E-state index in [1.54, 1.807) is 24.3 Å². The van der Waals surface area contributed by atoms with Gasteiger partial charge in [0.25, 0.3) is 0 Å². The first-order valence-corrected chi connectivity index (χ1v) is 8.96. The number of halogens is 1. The molecule has 5 heteroatoms. The molecule has 2 aromatic carbocycles. The predicted molar refractivity (Wildman–Crippen MR) is 99.9 cm³/mol. The average molecular weight is 359 g/mol. The standard InChI is InChI=1S/C20H23ClN2O2/c21-17-6-8-18(9-7-17)25-11-10-20(24)23-13-16(12-22)19(14-23)15-4-2-1-3-5-15/h1-9,16,19H,10-14,22H2/t16-,19+/m1/s1. The summed E-state index contributed by atoms with van der Waals surface area (Å²) < 4.78 is 5.63. The molecule has 25 heavy (non-hydrogen) atoms. The molecule has 2 atom stereocenters. The Morgan fingerprint density at radius 3 is 2.52 bits per heavy atom. The van der Waals surface area contributed by atoms with Crippen molar-refractivity contribution >= 4 is 17.5 Å². The molecule has 1 fully saturated rings. The smallest absolute Gasteiger partial charge is 0.226 e. The number of hydrogen-bond donors (Lipinski definition) is 1. The number of nitrogens with zero attached hydrogens (tertiary/aromatic N) is 1. The van der Waals surface area contributed by atoms with E-state index in [1.165, 1.54) is 5.56 Å². The zero-order valence-electron chi connectivity index (χ0n) is 14.1. The summed E-state index contributed by atoms with van der Waals surface area (Å²) in [6, 6.07) is 17.5. The maximum absolute atomic E-state index is 12.5. The number of hydrogen-bond acceptors (Lipinski definition) is 3. The van der Waals surface area contributed by atoms with Crippen LogP contribution in [0.5, 0.6) is 5.75 Å². The topological polar surface area (TPSA) is 55.6 Å². The molecule has 1 aliphatic heterocycles. The molecule has 0 spiro atoms. The highest BCUT2D eigenvalue weighted by molar-refractivity contribution is 6.30. The molecule has 1 saturated heterocycles. The van der Waals surface area contributed by atoms with E-state index in [0.29, 0.717) is 36.4 Å². The van der Waals surface area contributed by atoms with Crippen LogP contribution in [0.3, 0.4) is 0 Å². The molecule has 2 N–H and O–H groups in total. The zero-order chi connectivity index (χ0) is 17.6. The SMILES string of the molecule is NC[C@@H]1CN(C(=O)CCOc2ccc(Cl)cc2)C[C@H]1c1ccccc1. The third-order valence-electron chi connectivity index (χ3n) is 4.72. The van der Waals surface area contributed by atoms with Crippen molar-refractivity contribution in [3.8, 4) is 5.75 Å². The second kappa shape index (κ2) is 8.37. The first-order valence-electron chi connectivity index (χ1n) is 8.58. The number of carbonyl (C=O) groups excluding carboxylic acids is 1. The lowest BCUT2D eigenvalue weighted by molar-refractivity contribution is -0.130. The van der Waals surface area contributed by atoms with Crippen molar-refractivity contribution in [1.82, 2.24) is 4.90 Å². The van der Waals surface area contributed by atoms with Crippen LogP contribution in [0, 0.1) is 5.92 Å². The third-order valence-corrected chi connectivity index (χ3v) is 4.97. The van der Waals surface area contributed by atoms with E-state index in [2.05, 4.69) is 12.1 Å². The van der Waals surface area contributed by atoms with Gasteiger partial charge in [0.1, 0.15) is 5.75 Å². The molecule has 0 unspecified atom stereocenters. The summed E-state index contributed by atoms with van der Waals surface area (Å²) in [5.74, 6) is 1.46. The Morgan fingerprint density at radius 1 is 1.12 bits per heavy atom. The van der Waals surface area contributed by atoms with Crippen molar-refractivity contribution in [2.75, 3.05) is 26.2 Å². The number of amides is 1. The summed E-state index contributed by atoms with van der Waals surface area (Å²) >= 11 is 5.85. The Labute approximate surface area is 153 Å². The summed E-state index contributed by atoms with van der Waals surface area (Å²) in [4.78, 5) is 14.4.